The molecular formula is C16H25N. The van der Waals surface area contributed by atoms with E-state index in [4.69, 9.17) is 0 Å². The number of nitrogens with one attached hydrogen (secondary N) is 1. The average Bonchev–Trinajstić information content (AvgIpc) is 2.26. The summed E-state index contributed by atoms with van der Waals surface area (Å²) in [7, 11) is 0. The Morgan fingerprint density at radius 3 is 2.41 bits per heavy atom. The van der Waals surface area contributed by atoms with Gasteiger partial charge in [-0.25, -0.2) is 0 Å². The van der Waals surface area contributed by atoms with Crippen molar-refractivity contribution in [1.29, 1.82) is 0 Å². The smallest absolute Gasteiger partial charge is 0.0165 e. The van der Waals surface area contributed by atoms with Crippen molar-refractivity contribution in [2.75, 3.05) is 13.1 Å². The second-order valence-electron chi connectivity index (χ2n) is 4.96. The van der Waals surface area contributed by atoms with Crippen LogP contribution in [0.3, 0.4) is 0 Å². The molecule has 1 heteroatoms. The first-order valence-electron chi connectivity index (χ1n) is 6.50. The van der Waals surface area contributed by atoms with Crippen molar-refractivity contribution in [3.8, 4) is 0 Å². The number of hydrogen-bond donors (Lipinski definition) is 1. The van der Waals surface area contributed by atoms with Crippen molar-refractivity contribution in [2.24, 2.45) is 0 Å². The lowest BCUT2D eigenvalue weighted by Gasteiger charge is -2.08. The highest BCUT2D eigenvalue weighted by atomic mass is 14.8. The summed E-state index contributed by atoms with van der Waals surface area (Å²) in [5.41, 5.74) is 6.86. The SMILES string of the molecule is CCCNCC(C)=Cc1cc(C)c(C)cc1C. The van der Waals surface area contributed by atoms with E-state index in [1.807, 2.05) is 0 Å². The summed E-state index contributed by atoms with van der Waals surface area (Å²) in [6, 6.07) is 4.56. The quantitative estimate of drug-likeness (QED) is 0.755. The van der Waals surface area contributed by atoms with Crippen LogP contribution in [0.5, 0.6) is 0 Å². The third kappa shape index (κ3) is 4.35. The summed E-state index contributed by atoms with van der Waals surface area (Å²) < 4.78 is 0. The molecule has 1 aromatic rings. The Hall–Kier alpha value is -1.08. The molecule has 1 aromatic carbocycles. The summed E-state index contributed by atoms with van der Waals surface area (Å²) in [6.07, 6.45) is 3.49. The van der Waals surface area contributed by atoms with Gasteiger partial charge in [0.1, 0.15) is 0 Å². The van der Waals surface area contributed by atoms with Gasteiger partial charge in [0.2, 0.25) is 0 Å². The maximum absolute atomic E-state index is 3.43. The molecule has 1 nitrogen and oxygen atoms in total. The Bertz CT molecular complexity index is 402. The molecule has 0 bridgehead atoms. The van der Waals surface area contributed by atoms with Crippen LogP contribution in [0.25, 0.3) is 6.08 Å². The molecular weight excluding hydrogens is 206 g/mol. The first-order chi connectivity index (χ1) is 8.04. The van der Waals surface area contributed by atoms with Crippen molar-refractivity contribution in [3.63, 3.8) is 0 Å². The number of aryl methyl sites for hydroxylation is 3. The van der Waals surface area contributed by atoms with Gasteiger partial charge < -0.3 is 5.32 Å². The largest absolute Gasteiger partial charge is 0.313 e. The highest BCUT2D eigenvalue weighted by Gasteiger charge is 2.00. The molecule has 0 amide bonds. The molecule has 1 N–H and O–H groups in total. The van der Waals surface area contributed by atoms with E-state index in [1.54, 1.807) is 0 Å². The second kappa shape index (κ2) is 6.61. The molecule has 0 unspecified atom stereocenters. The lowest BCUT2D eigenvalue weighted by atomic mass is 9.99. The van der Waals surface area contributed by atoms with Gasteiger partial charge >= 0.3 is 0 Å². The molecule has 0 saturated heterocycles. The Morgan fingerprint density at radius 2 is 1.76 bits per heavy atom. The van der Waals surface area contributed by atoms with Gasteiger partial charge in [0.05, 0.1) is 0 Å². The molecule has 0 aliphatic carbocycles. The molecule has 0 radical (unpaired) electrons. The number of rotatable bonds is 5. The maximum Gasteiger partial charge on any atom is 0.0165 e. The zero-order chi connectivity index (χ0) is 12.8. The normalized spacial score (nSPS) is 11.9. The van der Waals surface area contributed by atoms with Crippen LogP contribution in [0.1, 0.15) is 42.5 Å². The van der Waals surface area contributed by atoms with Gasteiger partial charge in [-0.2, -0.15) is 0 Å². The fourth-order valence-electron chi connectivity index (χ4n) is 1.92. The molecule has 0 aliphatic heterocycles. The van der Waals surface area contributed by atoms with Gasteiger partial charge in [-0.3, -0.25) is 0 Å². The van der Waals surface area contributed by atoms with E-state index in [-0.39, 0.29) is 0 Å². The van der Waals surface area contributed by atoms with E-state index in [9.17, 15) is 0 Å². The zero-order valence-electron chi connectivity index (χ0n) is 11.9. The standard InChI is InChI=1S/C16H25N/c1-6-7-17-11-12(2)8-16-10-14(4)13(3)9-15(16)5/h8-10,17H,6-7,11H2,1-5H3. The summed E-state index contributed by atoms with van der Waals surface area (Å²) in [6.45, 7) is 13.0. The molecule has 0 atom stereocenters. The second-order valence-corrected chi connectivity index (χ2v) is 4.96. The summed E-state index contributed by atoms with van der Waals surface area (Å²) in [5, 5.41) is 3.43. The molecule has 0 aromatic heterocycles. The van der Waals surface area contributed by atoms with Crippen LogP contribution >= 0.6 is 0 Å². The van der Waals surface area contributed by atoms with Gasteiger partial charge in [-0.05, 0) is 62.9 Å². The van der Waals surface area contributed by atoms with E-state index in [2.05, 4.69) is 58.1 Å². The van der Waals surface area contributed by atoms with Crippen molar-refractivity contribution in [1.82, 2.24) is 5.32 Å². The molecule has 0 heterocycles. The molecule has 1 rings (SSSR count). The van der Waals surface area contributed by atoms with Crippen LogP contribution in [-0.4, -0.2) is 13.1 Å². The van der Waals surface area contributed by atoms with E-state index < -0.39 is 0 Å². The highest BCUT2D eigenvalue weighted by Crippen LogP contribution is 2.17. The fourth-order valence-corrected chi connectivity index (χ4v) is 1.92. The van der Waals surface area contributed by atoms with Crippen LogP contribution in [0.4, 0.5) is 0 Å². The van der Waals surface area contributed by atoms with Gasteiger partial charge in [0.15, 0.2) is 0 Å². The molecule has 0 saturated carbocycles. The lowest BCUT2D eigenvalue weighted by Crippen LogP contribution is -2.16. The summed E-state index contributed by atoms with van der Waals surface area (Å²) in [5.74, 6) is 0. The Morgan fingerprint density at radius 1 is 1.12 bits per heavy atom. The van der Waals surface area contributed by atoms with E-state index in [1.165, 1.54) is 34.2 Å². The van der Waals surface area contributed by atoms with Crippen molar-refractivity contribution in [3.05, 3.63) is 40.0 Å². The van der Waals surface area contributed by atoms with Gasteiger partial charge in [0.25, 0.3) is 0 Å². The van der Waals surface area contributed by atoms with Crippen LogP contribution in [0, 0.1) is 20.8 Å². The average molecular weight is 231 g/mol. The van der Waals surface area contributed by atoms with Crippen LogP contribution in [-0.2, 0) is 0 Å². The topological polar surface area (TPSA) is 12.0 Å². The first-order valence-corrected chi connectivity index (χ1v) is 6.50. The molecule has 0 spiro atoms. The van der Waals surface area contributed by atoms with E-state index >= 15 is 0 Å². The Labute approximate surface area is 106 Å². The van der Waals surface area contributed by atoms with E-state index in [0.717, 1.165) is 13.1 Å². The lowest BCUT2D eigenvalue weighted by molar-refractivity contribution is 0.715. The number of hydrogen-bond acceptors (Lipinski definition) is 1. The number of benzene rings is 1. The predicted molar refractivity (Wildman–Crippen MR) is 77.5 cm³/mol. The molecule has 94 valence electrons. The zero-order valence-corrected chi connectivity index (χ0v) is 11.9. The van der Waals surface area contributed by atoms with Gasteiger partial charge in [-0.1, -0.05) is 30.7 Å². The molecule has 17 heavy (non-hydrogen) atoms. The highest BCUT2D eigenvalue weighted by molar-refractivity contribution is 5.58. The minimum Gasteiger partial charge on any atom is -0.313 e. The first kappa shape index (κ1) is 14.0. The van der Waals surface area contributed by atoms with Gasteiger partial charge in [-0.15, -0.1) is 0 Å². The predicted octanol–water partition coefficient (Wildman–Crippen LogP) is 4.01. The maximum atomic E-state index is 3.43. The monoisotopic (exact) mass is 231 g/mol. The minimum atomic E-state index is 0.986. The van der Waals surface area contributed by atoms with Crippen LogP contribution in [0.2, 0.25) is 0 Å². The van der Waals surface area contributed by atoms with Crippen LogP contribution in [0.15, 0.2) is 17.7 Å². The van der Waals surface area contributed by atoms with Crippen LogP contribution < -0.4 is 5.32 Å². The third-order valence-electron chi connectivity index (χ3n) is 3.11. The Balaban J connectivity index is 2.79. The molecule has 0 fully saturated rings. The van der Waals surface area contributed by atoms with Gasteiger partial charge in [0, 0.05) is 6.54 Å². The van der Waals surface area contributed by atoms with Crippen molar-refractivity contribution >= 4 is 6.08 Å². The van der Waals surface area contributed by atoms with E-state index in [0.29, 0.717) is 0 Å². The Kier molecular flexibility index (Phi) is 5.43. The molecule has 0 aliphatic rings. The minimum absolute atomic E-state index is 0.986. The summed E-state index contributed by atoms with van der Waals surface area (Å²) in [4.78, 5) is 0. The summed E-state index contributed by atoms with van der Waals surface area (Å²) >= 11 is 0. The fraction of sp³-hybridized carbons (Fsp3) is 0.500. The third-order valence-corrected chi connectivity index (χ3v) is 3.11. The van der Waals surface area contributed by atoms with Crippen molar-refractivity contribution in [2.45, 2.75) is 41.0 Å². The van der Waals surface area contributed by atoms with Crippen molar-refractivity contribution < 1.29 is 0 Å².